The van der Waals surface area contributed by atoms with E-state index in [4.69, 9.17) is 10.7 Å². The molecule has 1 aromatic carbocycles. The highest BCUT2D eigenvalue weighted by atomic mass is 79.9. The van der Waals surface area contributed by atoms with Crippen LogP contribution >= 0.6 is 15.9 Å². The number of anilines is 2. The minimum atomic E-state index is 0.512. The van der Waals surface area contributed by atoms with Gasteiger partial charge in [0.2, 0.25) is 0 Å². The van der Waals surface area contributed by atoms with E-state index in [1.165, 1.54) is 0 Å². The lowest BCUT2D eigenvalue weighted by Crippen LogP contribution is -2.07. The lowest BCUT2D eigenvalue weighted by atomic mass is 10.1. The number of hydrogen-bond acceptors (Lipinski definition) is 5. The number of fused-ring (bicyclic) bond motifs is 1. The standard InChI is InChI=1S/C18H15BrN6/c19-14-11-23-25-17(22-10-12-6-7-16(20)21-9-12)8-15(24-18(14)25)13-4-2-1-3-5-13/h1-9,11,22H,10H2,(H2,20,21). The lowest BCUT2D eigenvalue weighted by molar-refractivity contribution is 0.925. The van der Waals surface area contributed by atoms with Crippen LogP contribution in [0.3, 0.4) is 0 Å². The van der Waals surface area contributed by atoms with Crippen molar-refractivity contribution < 1.29 is 0 Å². The van der Waals surface area contributed by atoms with E-state index >= 15 is 0 Å². The Morgan fingerprint density at radius 2 is 1.92 bits per heavy atom. The van der Waals surface area contributed by atoms with Crippen LogP contribution in [0.5, 0.6) is 0 Å². The molecule has 3 heterocycles. The van der Waals surface area contributed by atoms with Gasteiger partial charge in [-0.05, 0) is 27.6 Å². The summed E-state index contributed by atoms with van der Waals surface area (Å²) in [5.41, 5.74) is 9.37. The number of pyridine rings is 1. The van der Waals surface area contributed by atoms with Crippen molar-refractivity contribution in [3.05, 3.63) is 71.0 Å². The average Bonchev–Trinajstić information content (AvgIpc) is 3.03. The fourth-order valence-corrected chi connectivity index (χ4v) is 2.90. The van der Waals surface area contributed by atoms with Crippen molar-refractivity contribution in [3.63, 3.8) is 0 Å². The van der Waals surface area contributed by atoms with Crippen molar-refractivity contribution >= 4 is 33.2 Å². The van der Waals surface area contributed by atoms with Crippen LogP contribution in [0.25, 0.3) is 16.9 Å². The fraction of sp³-hybridized carbons (Fsp3) is 0.0556. The number of nitrogens with one attached hydrogen (secondary N) is 1. The minimum absolute atomic E-state index is 0.512. The molecule has 25 heavy (non-hydrogen) atoms. The summed E-state index contributed by atoms with van der Waals surface area (Å²) < 4.78 is 2.63. The van der Waals surface area contributed by atoms with Crippen LogP contribution in [-0.4, -0.2) is 19.6 Å². The molecule has 0 aliphatic rings. The molecule has 7 heteroatoms. The molecule has 0 spiro atoms. The van der Waals surface area contributed by atoms with Crippen LogP contribution in [0.4, 0.5) is 11.6 Å². The van der Waals surface area contributed by atoms with Crippen molar-refractivity contribution in [1.82, 2.24) is 19.6 Å². The van der Waals surface area contributed by atoms with Gasteiger partial charge in [0.05, 0.1) is 16.4 Å². The van der Waals surface area contributed by atoms with Gasteiger partial charge in [-0.1, -0.05) is 36.4 Å². The molecular weight excluding hydrogens is 380 g/mol. The van der Waals surface area contributed by atoms with Gasteiger partial charge in [0.1, 0.15) is 11.6 Å². The van der Waals surface area contributed by atoms with E-state index in [-0.39, 0.29) is 0 Å². The molecule has 0 atom stereocenters. The second-order valence-corrected chi connectivity index (χ2v) is 6.42. The summed E-state index contributed by atoms with van der Waals surface area (Å²) in [6.07, 6.45) is 3.50. The number of nitrogen functional groups attached to an aromatic ring is 1. The van der Waals surface area contributed by atoms with Crippen molar-refractivity contribution in [2.24, 2.45) is 0 Å². The molecule has 3 aromatic heterocycles. The molecule has 3 N–H and O–H groups in total. The highest BCUT2D eigenvalue weighted by molar-refractivity contribution is 9.10. The Labute approximate surface area is 152 Å². The molecule has 0 aliphatic carbocycles. The zero-order valence-corrected chi connectivity index (χ0v) is 14.8. The smallest absolute Gasteiger partial charge is 0.172 e. The Morgan fingerprint density at radius 1 is 1.08 bits per heavy atom. The maximum atomic E-state index is 5.64. The van der Waals surface area contributed by atoms with E-state index in [1.807, 2.05) is 42.5 Å². The van der Waals surface area contributed by atoms with Gasteiger partial charge < -0.3 is 11.1 Å². The highest BCUT2D eigenvalue weighted by Gasteiger charge is 2.11. The third-order valence-electron chi connectivity index (χ3n) is 3.82. The average molecular weight is 395 g/mol. The number of aromatic nitrogens is 4. The molecule has 124 valence electrons. The largest absolute Gasteiger partial charge is 0.384 e. The molecule has 4 aromatic rings. The first-order valence-electron chi connectivity index (χ1n) is 7.75. The highest BCUT2D eigenvalue weighted by Crippen LogP contribution is 2.26. The third kappa shape index (κ3) is 3.18. The summed E-state index contributed by atoms with van der Waals surface area (Å²) in [5, 5.41) is 7.79. The van der Waals surface area contributed by atoms with Gasteiger partial charge in [0.25, 0.3) is 0 Å². The molecule has 0 aliphatic heterocycles. The van der Waals surface area contributed by atoms with Crippen LogP contribution in [-0.2, 0) is 6.54 Å². The first kappa shape index (κ1) is 15.6. The molecule has 0 saturated heterocycles. The first-order valence-corrected chi connectivity index (χ1v) is 8.54. The molecule has 6 nitrogen and oxygen atoms in total. The Morgan fingerprint density at radius 3 is 2.68 bits per heavy atom. The molecule has 0 saturated carbocycles. The van der Waals surface area contributed by atoms with Gasteiger partial charge in [-0.3, -0.25) is 0 Å². The van der Waals surface area contributed by atoms with Gasteiger partial charge >= 0.3 is 0 Å². The van der Waals surface area contributed by atoms with E-state index < -0.39 is 0 Å². The van der Waals surface area contributed by atoms with Gasteiger partial charge in [0, 0.05) is 24.4 Å². The monoisotopic (exact) mass is 394 g/mol. The minimum Gasteiger partial charge on any atom is -0.384 e. The second-order valence-electron chi connectivity index (χ2n) is 5.57. The van der Waals surface area contributed by atoms with Crippen LogP contribution < -0.4 is 11.1 Å². The summed E-state index contributed by atoms with van der Waals surface area (Å²) in [6, 6.07) is 15.8. The SMILES string of the molecule is Nc1ccc(CNc2cc(-c3ccccc3)nc3c(Br)cnn23)cn1. The fourth-order valence-electron chi connectivity index (χ4n) is 2.55. The predicted molar refractivity (Wildman–Crippen MR) is 102 cm³/mol. The third-order valence-corrected chi connectivity index (χ3v) is 4.38. The summed E-state index contributed by atoms with van der Waals surface area (Å²) in [7, 11) is 0. The zero-order chi connectivity index (χ0) is 17.2. The summed E-state index contributed by atoms with van der Waals surface area (Å²) in [4.78, 5) is 8.84. The number of hydrogen-bond donors (Lipinski definition) is 2. The van der Waals surface area contributed by atoms with E-state index in [1.54, 1.807) is 23.0 Å². The zero-order valence-electron chi connectivity index (χ0n) is 13.2. The van der Waals surface area contributed by atoms with Crippen LogP contribution in [0.1, 0.15) is 5.56 Å². The Hall–Kier alpha value is -2.93. The summed E-state index contributed by atoms with van der Waals surface area (Å²) in [5.74, 6) is 1.36. The molecule has 0 amide bonds. The Balaban J connectivity index is 1.72. The number of nitrogens with two attached hydrogens (primary N) is 1. The van der Waals surface area contributed by atoms with E-state index in [9.17, 15) is 0 Å². The second kappa shape index (κ2) is 6.52. The number of nitrogens with zero attached hydrogens (tertiary/aromatic N) is 4. The molecular formula is C18H15BrN6. The van der Waals surface area contributed by atoms with Crippen LogP contribution in [0.15, 0.2) is 65.4 Å². The van der Waals surface area contributed by atoms with Crippen LogP contribution in [0.2, 0.25) is 0 Å². The maximum absolute atomic E-state index is 5.64. The number of rotatable bonds is 4. The van der Waals surface area contributed by atoms with Gasteiger partial charge in [-0.25, -0.2) is 9.97 Å². The van der Waals surface area contributed by atoms with Gasteiger partial charge in [-0.2, -0.15) is 9.61 Å². The van der Waals surface area contributed by atoms with E-state index in [0.29, 0.717) is 12.4 Å². The molecule has 4 rings (SSSR count). The normalized spacial score (nSPS) is 10.9. The Kier molecular flexibility index (Phi) is 4.07. The van der Waals surface area contributed by atoms with Crippen molar-refractivity contribution in [1.29, 1.82) is 0 Å². The number of benzene rings is 1. The maximum Gasteiger partial charge on any atom is 0.172 e. The summed E-state index contributed by atoms with van der Waals surface area (Å²) in [6.45, 7) is 0.609. The van der Waals surface area contributed by atoms with E-state index in [0.717, 1.165) is 32.8 Å². The van der Waals surface area contributed by atoms with Crippen molar-refractivity contribution in [3.8, 4) is 11.3 Å². The topological polar surface area (TPSA) is 81.1 Å². The Bertz CT molecular complexity index is 1010. The van der Waals surface area contributed by atoms with Gasteiger partial charge in [0.15, 0.2) is 5.65 Å². The molecule has 0 bridgehead atoms. The quantitative estimate of drug-likeness (QED) is 0.550. The van der Waals surface area contributed by atoms with Crippen molar-refractivity contribution in [2.75, 3.05) is 11.1 Å². The molecule has 0 radical (unpaired) electrons. The predicted octanol–water partition coefficient (Wildman–Crippen LogP) is 3.75. The van der Waals surface area contributed by atoms with Crippen molar-refractivity contribution in [2.45, 2.75) is 6.54 Å². The van der Waals surface area contributed by atoms with Crippen LogP contribution in [0, 0.1) is 0 Å². The van der Waals surface area contributed by atoms with Gasteiger partial charge in [-0.15, -0.1) is 0 Å². The van der Waals surface area contributed by atoms with E-state index in [2.05, 4.69) is 31.3 Å². The molecule has 0 unspecified atom stereocenters. The summed E-state index contributed by atoms with van der Waals surface area (Å²) >= 11 is 3.51. The first-order chi connectivity index (χ1) is 12.2. The number of halogens is 1. The lowest BCUT2D eigenvalue weighted by Gasteiger charge is -2.11. The molecule has 0 fully saturated rings.